The molecule has 1 aliphatic rings. The van der Waals surface area contributed by atoms with Crippen LogP contribution >= 0.6 is 11.8 Å². The van der Waals surface area contributed by atoms with Gasteiger partial charge >= 0.3 is 0 Å². The highest BCUT2D eigenvalue weighted by Gasteiger charge is 2.25. The summed E-state index contributed by atoms with van der Waals surface area (Å²) in [5, 5.41) is 6.30. The Hall–Kier alpha value is -0.220. The van der Waals surface area contributed by atoms with Crippen molar-refractivity contribution in [1.29, 1.82) is 0 Å². The maximum Gasteiger partial charge on any atom is 0.238 e. The molecule has 1 aliphatic heterocycles. The maximum absolute atomic E-state index is 11.8. The first-order valence-electron chi connectivity index (χ1n) is 5.80. The lowest BCUT2D eigenvalue weighted by Crippen LogP contribution is -2.47. The highest BCUT2D eigenvalue weighted by atomic mass is 32.2. The summed E-state index contributed by atoms with van der Waals surface area (Å²) in [6.45, 7) is 6.47. The number of nitrogens with one attached hydrogen (secondary N) is 2. The van der Waals surface area contributed by atoms with Crippen LogP contribution in [0.1, 0.15) is 33.6 Å². The molecular formula is C11H22N2OS. The molecule has 1 heterocycles. The second-order valence-electron chi connectivity index (χ2n) is 4.15. The molecule has 4 heteroatoms. The quantitative estimate of drug-likeness (QED) is 0.753. The van der Waals surface area contributed by atoms with Crippen molar-refractivity contribution in [2.24, 2.45) is 5.92 Å². The van der Waals surface area contributed by atoms with Crippen molar-refractivity contribution >= 4 is 17.7 Å². The Labute approximate surface area is 96.8 Å². The van der Waals surface area contributed by atoms with Gasteiger partial charge in [0.25, 0.3) is 0 Å². The zero-order valence-corrected chi connectivity index (χ0v) is 10.7. The van der Waals surface area contributed by atoms with Gasteiger partial charge < -0.3 is 5.32 Å². The predicted molar refractivity (Wildman–Crippen MR) is 65.9 cm³/mol. The Morgan fingerprint density at radius 2 is 2.20 bits per heavy atom. The fourth-order valence-electron chi connectivity index (χ4n) is 2.00. The highest BCUT2D eigenvalue weighted by Crippen LogP contribution is 2.14. The fraction of sp³-hybridized carbons (Fsp3) is 0.909. The first-order chi connectivity index (χ1) is 7.19. The van der Waals surface area contributed by atoms with Crippen LogP contribution in [0.15, 0.2) is 0 Å². The first kappa shape index (κ1) is 12.8. The molecule has 88 valence electrons. The topological polar surface area (TPSA) is 41.1 Å². The van der Waals surface area contributed by atoms with Crippen molar-refractivity contribution in [3.63, 3.8) is 0 Å². The molecule has 0 radical (unpaired) electrons. The largest absolute Gasteiger partial charge is 0.352 e. The molecule has 0 spiro atoms. The van der Waals surface area contributed by atoms with Gasteiger partial charge in [0.2, 0.25) is 5.91 Å². The average Bonchev–Trinajstić information content (AvgIpc) is 2.72. The Kier molecular flexibility index (Phi) is 5.47. The van der Waals surface area contributed by atoms with E-state index in [0.717, 1.165) is 24.5 Å². The van der Waals surface area contributed by atoms with E-state index < -0.39 is 0 Å². The zero-order valence-electron chi connectivity index (χ0n) is 9.88. The van der Waals surface area contributed by atoms with E-state index >= 15 is 0 Å². The molecule has 0 aromatic carbocycles. The van der Waals surface area contributed by atoms with Gasteiger partial charge in [0.1, 0.15) is 0 Å². The molecule has 0 saturated carbocycles. The van der Waals surface area contributed by atoms with E-state index in [9.17, 15) is 4.79 Å². The van der Waals surface area contributed by atoms with E-state index in [0.29, 0.717) is 12.0 Å². The van der Waals surface area contributed by atoms with Crippen LogP contribution in [0.25, 0.3) is 0 Å². The molecule has 1 amide bonds. The molecule has 2 unspecified atom stereocenters. The number of amides is 1. The summed E-state index contributed by atoms with van der Waals surface area (Å²) in [5.74, 6) is 2.57. The minimum Gasteiger partial charge on any atom is -0.352 e. The monoisotopic (exact) mass is 230 g/mol. The number of thioether (sulfide) groups is 1. The van der Waals surface area contributed by atoms with Gasteiger partial charge in [0, 0.05) is 17.7 Å². The summed E-state index contributed by atoms with van der Waals surface area (Å²) >= 11 is 1.79. The molecule has 1 fully saturated rings. The van der Waals surface area contributed by atoms with Crippen LogP contribution in [0.2, 0.25) is 0 Å². The van der Waals surface area contributed by atoms with E-state index in [1.54, 1.807) is 11.8 Å². The van der Waals surface area contributed by atoms with Gasteiger partial charge in [-0.1, -0.05) is 26.7 Å². The molecule has 0 aromatic rings. The van der Waals surface area contributed by atoms with Crippen LogP contribution in [0.4, 0.5) is 0 Å². The minimum atomic E-state index is 0.0202. The van der Waals surface area contributed by atoms with Gasteiger partial charge in [-0.25, -0.2) is 0 Å². The standard InChI is InChI=1S/C11H22N2OS/c1-4-9(5-2)8(3)13-11(14)10-6-15-7-12-10/h8-10,12H,4-7H2,1-3H3,(H,13,14). The van der Waals surface area contributed by atoms with E-state index in [2.05, 4.69) is 31.4 Å². The van der Waals surface area contributed by atoms with Crippen molar-refractivity contribution in [3.8, 4) is 0 Å². The van der Waals surface area contributed by atoms with Crippen molar-refractivity contribution in [2.75, 3.05) is 11.6 Å². The van der Waals surface area contributed by atoms with E-state index in [-0.39, 0.29) is 11.9 Å². The van der Waals surface area contributed by atoms with E-state index in [1.165, 1.54) is 0 Å². The molecule has 3 nitrogen and oxygen atoms in total. The van der Waals surface area contributed by atoms with Crippen LogP contribution in [0.3, 0.4) is 0 Å². The van der Waals surface area contributed by atoms with Crippen LogP contribution in [0.5, 0.6) is 0 Å². The summed E-state index contributed by atoms with van der Waals surface area (Å²) in [5.41, 5.74) is 0. The third-order valence-corrected chi connectivity index (χ3v) is 4.10. The van der Waals surface area contributed by atoms with Gasteiger partial charge in [-0.05, 0) is 12.8 Å². The molecular weight excluding hydrogens is 208 g/mol. The second kappa shape index (κ2) is 6.38. The molecule has 1 saturated heterocycles. The van der Waals surface area contributed by atoms with E-state index in [4.69, 9.17) is 0 Å². The summed E-state index contributed by atoms with van der Waals surface area (Å²) in [4.78, 5) is 11.8. The fourth-order valence-corrected chi connectivity index (χ4v) is 2.94. The van der Waals surface area contributed by atoms with Crippen molar-refractivity contribution < 1.29 is 4.79 Å². The van der Waals surface area contributed by atoms with Crippen molar-refractivity contribution in [3.05, 3.63) is 0 Å². The normalized spacial score (nSPS) is 23.1. The van der Waals surface area contributed by atoms with Gasteiger partial charge in [-0.2, -0.15) is 0 Å². The number of hydrogen-bond acceptors (Lipinski definition) is 3. The minimum absolute atomic E-state index is 0.0202. The molecule has 0 aromatic heterocycles. The molecule has 0 aliphatic carbocycles. The lowest BCUT2D eigenvalue weighted by Gasteiger charge is -2.23. The summed E-state index contributed by atoms with van der Waals surface area (Å²) in [7, 11) is 0. The van der Waals surface area contributed by atoms with Crippen molar-refractivity contribution in [1.82, 2.24) is 10.6 Å². The Balaban J connectivity index is 2.35. The Bertz CT molecular complexity index is 201. The average molecular weight is 230 g/mol. The highest BCUT2D eigenvalue weighted by molar-refractivity contribution is 7.99. The Morgan fingerprint density at radius 3 is 2.67 bits per heavy atom. The maximum atomic E-state index is 11.8. The van der Waals surface area contributed by atoms with Crippen LogP contribution in [0, 0.1) is 5.92 Å². The summed E-state index contributed by atoms with van der Waals surface area (Å²) < 4.78 is 0. The first-order valence-corrected chi connectivity index (χ1v) is 6.96. The van der Waals surface area contributed by atoms with Gasteiger partial charge in [-0.15, -0.1) is 11.8 Å². The number of carbonyl (C=O) groups excluding carboxylic acids is 1. The molecule has 2 atom stereocenters. The van der Waals surface area contributed by atoms with Gasteiger partial charge in [-0.3, -0.25) is 10.1 Å². The lowest BCUT2D eigenvalue weighted by molar-refractivity contribution is -0.123. The number of carbonyl (C=O) groups is 1. The van der Waals surface area contributed by atoms with Crippen LogP contribution in [-0.2, 0) is 4.79 Å². The third-order valence-electron chi connectivity index (χ3n) is 3.16. The number of hydrogen-bond donors (Lipinski definition) is 2. The van der Waals surface area contributed by atoms with Gasteiger partial charge in [0.15, 0.2) is 0 Å². The van der Waals surface area contributed by atoms with Crippen LogP contribution < -0.4 is 10.6 Å². The molecule has 1 rings (SSSR count). The summed E-state index contributed by atoms with van der Waals surface area (Å²) in [6, 6.07) is 0.312. The molecule has 15 heavy (non-hydrogen) atoms. The number of rotatable bonds is 5. The molecule has 0 bridgehead atoms. The SMILES string of the molecule is CCC(CC)C(C)NC(=O)C1CSCN1. The smallest absolute Gasteiger partial charge is 0.238 e. The van der Waals surface area contributed by atoms with Crippen LogP contribution in [-0.4, -0.2) is 29.6 Å². The van der Waals surface area contributed by atoms with Crippen molar-refractivity contribution in [2.45, 2.75) is 45.7 Å². The Morgan fingerprint density at radius 1 is 1.53 bits per heavy atom. The van der Waals surface area contributed by atoms with Gasteiger partial charge in [0.05, 0.1) is 6.04 Å². The zero-order chi connectivity index (χ0) is 11.3. The summed E-state index contributed by atoms with van der Waals surface area (Å²) in [6.07, 6.45) is 2.26. The third kappa shape index (κ3) is 3.68. The molecule has 2 N–H and O–H groups in total. The van der Waals surface area contributed by atoms with E-state index in [1.807, 2.05) is 0 Å². The second-order valence-corrected chi connectivity index (χ2v) is 5.18. The lowest BCUT2D eigenvalue weighted by atomic mass is 9.95. The predicted octanol–water partition coefficient (Wildman–Crippen LogP) is 1.59.